The largest absolute Gasteiger partial charge is 0.494 e. The lowest BCUT2D eigenvalue weighted by atomic mass is 10.1. The molecular formula is C25H23ClN2O2. The van der Waals surface area contributed by atoms with Crippen LogP contribution in [0.25, 0.3) is 22.3 Å². The molecule has 4 nitrogen and oxygen atoms in total. The van der Waals surface area contributed by atoms with Crippen LogP contribution in [0.4, 0.5) is 0 Å². The van der Waals surface area contributed by atoms with Crippen LogP contribution in [0.5, 0.6) is 5.75 Å². The molecule has 0 amide bonds. The van der Waals surface area contributed by atoms with Gasteiger partial charge in [-0.15, -0.1) is 0 Å². The molecule has 0 radical (unpaired) electrons. The second-order valence-corrected chi connectivity index (χ2v) is 7.72. The topological polar surface area (TPSA) is 44.1 Å². The number of halogens is 1. The maximum absolute atomic E-state index is 13.2. The Bertz CT molecular complexity index is 1220. The van der Waals surface area contributed by atoms with Crippen LogP contribution in [0.15, 0.2) is 77.6 Å². The maximum atomic E-state index is 13.2. The highest BCUT2D eigenvalue weighted by Crippen LogP contribution is 2.21. The van der Waals surface area contributed by atoms with Crippen molar-refractivity contribution in [3.8, 4) is 17.1 Å². The van der Waals surface area contributed by atoms with E-state index in [4.69, 9.17) is 21.3 Å². The zero-order valence-electron chi connectivity index (χ0n) is 16.8. The summed E-state index contributed by atoms with van der Waals surface area (Å²) in [5, 5.41) is 1.29. The number of hydrogen-bond acceptors (Lipinski definition) is 3. The fourth-order valence-electron chi connectivity index (χ4n) is 3.46. The predicted octanol–water partition coefficient (Wildman–Crippen LogP) is 5.88. The predicted molar refractivity (Wildman–Crippen MR) is 122 cm³/mol. The Morgan fingerprint density at radius 2 is 1.77 bits per heavy atom. The molecule has 0 saturated heterocycles. The number of aromatic nitrogens is 2. The molecule has 3 aromatic carbocycles. The summed E-state index contributed by atoms with van der Waals surface area (Å²) in [6, 6.07) is 22.9. The van der Waals surface area contributed by atoms with Crippen molar-refractivity contribution in [3.05, 3.63) is 93.7 Å². The average molecular weight is 419 g/mol. The molecule has 0 atom stereocenters. The van der Waals surface area contributed by atoms with Crippen molar-refractivity contribution in [2.24, 2.45) is 0 Å². The average Bonchev–Trinajstić information content (AvgIpc) is 2.75. The minimum absolute atomic E-state index is 0.0230. The third-order valence-electron chi connectivity index (χ3n) is 5.00. The number of ether oxygens (including phenoxy) is 1. The molecule has 1 aromatic heterocycles. The van der Waals surface area contributed by atoms with E-state index in [-0.39, 0.29) is 5.56 Å². The first-order valence-electron chi connectivity index (χ1n) is 10.1. The first-order valence-corrected chi connectivity index (χ1v) is 10.4. The lowest BCUT2D eigenvalue weighted by molar-refractivity contribution is 0.303. The highest BCUT2D eigenvalue weighted by atomic mass is 35.5. The van der Waals surface area contributed by atoms with Crippen LogP contribution in [-0.4, -0.2) is 16.2 Å². The van der Waals surface area contributed by atoms with E-state index in [9.17, 15) is 4.79 Å². The van der Waals surface area contributed by atoms with Crippen LogP contribution in [0.1, 0.15) is 18.4 Å². The Kier molecular flexibility index (Phi) is 6.15. The number of benzene rings is 3. The van der Waals surface area contributed by atoms with E-state index >= 15 is 0 Å². The Hall–Kier alpha value is -3.11. The summed E-state index contributed by atoms with van der Waals surface area (Å²) >= 11 is 6.04. The fraction of sp³-hybridized carbons (Fsp3) is 0.200. The van der Waals surface area contributed by atoms with Gasteiger partial charge in [-0.05, 0) is 73.9 Å². The van der Waals surface area contributed by atoms with Gasteiger partial charge in [0.2, 0.25) is 0 Å². The van der Waals surface area contributed by atoms with Crippen molar-refractivity contribution in [1.82, 2.24) is 9.55 Å². The SMILES string of the molecule is Cc1cccc(OCCCCn2c(-c3ccc(Cl)cc3)nc3ccccc3c2=O)c1. The van der Waals surface area contributed by atoms with Crippen molar-refractivity contribution >= 4 is 22.5 Å². The van der Waals surface area contributed by atoms with E-state index in [1.807, 2.05) is 79.7 Å². The fourth-order valence-corrected chi connectivity index (χ4v) is 3.59. The number of aryl methyl sites for hydroxylation is 1. The quantitative estimate of drug-likeness (QED) is 0.352. The van der Waals surface area contributed by atoms with E-state index in [0.29, 0.717) is 34.9 Å². The van der Waals surface area contributed by atoms with Crippen LogP contribution in [0, 0.1) is 6.92 Å². The Morgan fingerprint density at radius 3 is 2.57 bits per heavy atom. The van der Waals surface area contributed by atoms with Crippen molar-refractivity contribution in [1.29, 1.82) is 0 Å². The summed E-state index contributed by atoms with van der Waals surface area (Å²) in [5.41, 5.74) is 2.73. The van der Waals surface area contributed by atoms with E-state index in [1.165, 1.54) is 5.56 Å². The number of nitrogens with zero attached hydrogens (tertiary/aromatic N) is 2. The summed E-state index contributed by atoms with van der Waals surface area (Å²) in [6.45, 7) is 3.23. The molecule has 0 saturated carbocycles. The highest BCUT2D eigenvalue weighted by molar-refractivity contribution is 6.30. The second kappa shape index (κ2) is 9.14. The molecule has 0 aliphatic carbocycles. The molecule has 5 heteroatoms. The van der Waals surface area contributed by atoms with Crippen molar-refractivity contribution < 1.29 is 4.74 Å². The summed E-state index contributed by atoms with van der Waals surface area (Å²) < 4.78 is 7.60. The van der Waals surface area contributed by atoms with Crippen LogP contribution >= 0.6 is 11.6 Å². The summed E-state index contributed by atoms with van der Waals surface area (Å²) in [4.78, 5) is 18.0. The zero-order chi connectivity index (χ0) is 20.9. The number of fused-ring (bicyclic) bond motifs is 1. The van der Waals surface area contributed by atoms with E-state index < -0.39 is 0 Å². The second-order valence-electron chi connectivity index (χ2n) is 7.29. The third-order valence-corrected chi connectivity index (χ3v) is 5.25. The molecule has 0 aliphatic rings. The first kappa shape index (κ1) is 20.2. The van der Waals surface area contributed by atoms with E-state index in [1.54, 1.807) is 4.57 Å². The van der Waals surface area contributed by atoms with Crippen LogP contribution in [0.3, 0.4) is 0 Å². The summed E-state index contributed by atoms with van der Waals surface area (Å²) in [7, 11) is 0. The molecule has 152 valence electrons. The van der Waals surface area contributed by atoms with Crippen LogP contribution in [-0.2, 0) is 6.54 Å². The van der Waals surface area contributed by atoms with Gasteiger partial charge in [-0.2, -0.15) is 0 Å². The molecule has 30 heavy (non-hydrogen) atoms. The first-order chi connectivity index (χ1) is 14.6. The third kappa shape index (κ3) is 4.55. The van der Waals surface area contributed by atoms with Crippen molar-refractivity contribution in [2.45, 2.75) is 26.3 Å². The van der Waals surface area contributed by atoms with Gasteiger partial charge < -0.3 is 4.74 Å². The lowest BCUT2D eigenvalue weighted by Gasteiger charge is -2.14. The molecular weight excluding hydrogens is 396 g/mol. The van der Waals surface area contributed by atoms with Gasteiger partial charge in [0.1, 0.15) is 11.6 Å². The van der Waals surface area contributed by atoms with Gasteiger partial charge >= 0.3 is 0 Å². The molecule has 4 aromatic rings. The minimum atomic E-state index is -0.0230. The minimum Gasteiger partial charge on any atom is -0.494 e. The van der Waals surface area contributed by atoms with Gasteiger partial charge in [-0.1, -0.05) is 35.9 Å². The van der Waals surface area contributed by atoms with Crippen molar-refractivity contribution in [2.75, 3.05) is 6.61 Å². The molecule has 0 N–H and O–H groups in total. The number of rotatable bonds is 7. The number of hydrogen-bond donors (Lipinski definition) is 0. The monoisotopic (exact) mass is 418 g/mol. The molecule has 0 unspecified atom stereocenters. The molecule has 0 aliphatic heterocycles. The van der Waals surface area contributed by atoms with Gasteiger partial charge in [0.05, 0.1) is 17.5 Å². The highest BCUT2D eigenvalue weighted by Gasteiger charge is 2.12. The van der Waals surface area contributed by atoms with Crippen LogP contribution in [0.2, 0.25) is 5.02 Å². The molecule has 4 rings (SSSR count). The molecule has 0 spiro atoms. The zero-order valence-corrected chi connectivity index (χ0v) is 17.6. The summed E-state index contributed by atoms with van der Waals surface area (Å²) in [5.74, 6) is 1.54. The van der Waals surface area contributed by atoms with Gasteiger partial charge in [-0.25, -0.2) is 4.98 Å². The van der Waals surface area contributed by atoms with Crippen LogP contribution < -0.4 is 10.3 Å². The van der Waals surface area contributed by atoms with Gasteiger partial charge in [0, 0.05) is 17.1 Å². The Balaban J connectivity index is 1.54. The molecule has 0 fully saturated rings. The molecule has 0 bridgehead atoms. The van der Waals surface area contributed by atoms with Gasteiger partial charge in [0.25, 0.3) is 5.56 Å². The maximum Gasteiger partial charge on any atom is 0.261 e. The summed E-state index contributed by atoms with van der Waals surface area (Å²) in [6.07, 6.45) is 1.65. The smallest absolute Gasteiger partial charge is 0.261 e. The van der Waals surface area contributed by atoms with Crippen molar-refractivity contribution in [3.63, 3.8) is 0 Å². The van der Waals surface area contributed by atoms with Gasteiger partial charge in [0.15, 0.2) is 0 Å². The standard InChI is InChI=1S/C25H23ClN2O2/c1-18-7-6-8-21(17-18)30-16-5-4-15-28-24(19-11-13-20(26)14-12-19)27-23-10-3-2-9-22(23)25(28)29/h2-3,6-14,17H,4-5,15-16H2,1H3. The Morgan fingerprint density at radius 1 is 0.967 bits per heavy atom. The lowest BCUT2D eigenvalue weighted by Crippen LogP contribution is -2.24. The normalized spacial score (nSPS) is 11.0. The van der Waals surface area contributed by atoms with Gasteiger partial charge in [-0.3, -0.25) is 9.36 Å². The Labute approximate surface area is 180 Å². The van der Waals surface area contributed by atoms with E-state index in [0.717, 1.165) is 24.2 Å². The number of unbranched alkanes of at least 4 members (excludes halogenated alkanes) is 1. The molecule has 1 heterocycles. The number of para-hydroxylation sites is 1. The van der Waals surface area contributed by atoms with E-state index in [2.05, 4.69) is 0 Å².